The third-order valence-electron chi connectivity index (χ3n) is 3.83. The number of benzene rings is 1. The van der Waals surface area contributed by atoms with E-state index in [0.717, 1.165) is 37.0 Å². The molecule has 0 saturated heterocycles. The number of carbonyl (C=O) groups is 1. The first-order chi connectivity index (χ1) is 11.2. The van der Waals surface area contributed by atoms with Gasteiger partial charge in [-0.15, -0.1) is 24.0 Å². The van der Waals surface area contributed by atoms with E-state index in [9.17, 15) is 4.79 Å². The van der Waals surface area contributed by atoms with Gasteiger partial charge in [-0.2, -0.15) is 0 Å². The summed E-state index contributed by atoms with van der Waals surface area (Å²) in [5.41, 5.74) is 7.09. The van der Waals surface area contributed by atoms with Crippen LogP contribution in [0.5, 0.6) is 5.75 Å². The predicted molar refractivity (Wildman–Crippen MR) is 105 cm³/mol. The molecule has 1 unspecified atom stereocenters. The van der Waals surface area contributed by atoms with E-state index in [-0.39, 0.29) is 36.0 Å². The van der Waals surface area contributed by atoms with Crippen LogP contribution in [0.25, 0.3) is 0 Å². The summed E-state index contributed by atoms with van der Waals surface area (Å²) in [6, 6.07) is 8.12. The number of hydrogen-bond acceptors (Lipinski definition) is 4. The second-order valence-electron chi connectivity index (χ2n) is 5.53. The lowest BCUT2D eigenvalue weighted by molar-refractivity contribution is -0.140. The molecule has 0 saturated carbocycles. The maximum atomic E-state index is 11.0. The van der Waals surface area contributed by atoms with E-state index in [1.807, 2.05) is 24.3 Å². The number of nitrogens with two attached hydrogens (primary N) is 1. The van der Waals surface area contributed by atoms with E-state index < -0.39 is 0 Å². The Hall–Kier alpha value is -1.51. The standard InChI is InChI=1S/C17H25N3O3.HI/c1-22-16(21)9-3-2-6-11-19-17(18)20-14-10-12-23-15-8-5-4-7-13(14)15;/h4-5,7-8,14H,2-3,6,9-12H2,1H3,(H3,18,19,20);1H. The number of fused-ring (bicyclic) bond motifs is 1. The fourth-order valence-electron chi connectivity index (χ4n) is 2.58. The lowest BCUT2D eigenvalue weighted by Crippen LogP contribution is -2.37. The molecule has 0 fully saturated rings. The Kier molecular flexibility index (Phi) is 9.51. The first-order valence-corrected chi connectivity index (χ1v) is 8.05. The van der Waals surface area contributed by atoms with Gasteiger partial charge < -0.3 is 20.5 Å². The Morgan fingerprint density at radius 1 is 1.38 bits per heavy atom. The number of halogens is 1. The molecule has 0 aromatic heterocycles. The maximum absolute atomic E-state index is 11.0. The van der Waals surface area contributed by atoms with Crippen molar-refractivity contribution in [2.75, 3.05) is 20.3 Å². The number of aliphatic imine (C=N–C) groups is 1. The van der Waals surface area contributed by atoms with Crippen molar-refractivity contribution in [3.05, 3.63) is 29.8 Å². The number of rotatable bonds is 7. The Bertz CT molecular complexity index is 552. The van der Waals surface area contributed by atoms with Gasteiger partial charge >= 0.3 is 5.97 Å². The van der Waals surface area contributed by atoms with Crippen molar-refractivity contribution >= 4 is 35.9 Å². The van der Waals surface area contributed by atoms with Crippen molar-refractivity contribution in [1.29, 1.82) is 0 Å². The molecular weight excluding hydrogens is 421 g/mol. The Morgan fingerprint density at radius 3 is 2.96 bits per heavy atom. The lowest BCUT2D eigenvalue weighted by Gasteiger charge is -2.26. The summed E-state index contributed by atoms with van der Waals surface area (Å²) in [5, 5.41) is 3.27. The molecule has 0 spiro atoms. The molecular formula is C17H26IN3O3. The van der Waals surface area contributed by atoms with E-state index in [2.05, 4.69) is 15.0 Å². The number of esters is 1. The summed E-state index contributed by atoms with van der Waals surface area (Å²) < 4.78 is 10.2. The van der Waals surface area contributed by atoms with Crippen molar-refractivity contribution in [1.82, 2.24) is 5.32 Å². The van der Waals surface area contributed by atoms with Crippen molar-refractivity contribution < 1.29 is 14.3 Å². The normalized spacial score (nSPS) is 16.4. The van der Waals surface area contributed by atoms with Crippen molar-refractivity contribution in [2.24, 2.45) is 10.7 Å². The average molecular weight is 447 g/mol. The van der Waals surface area contributed by atoms with Crippen LogP contribution in [-0.4, -0.2) is 32.2 Å². The summed E-state index contributed by atoms with van der Waals surface area (Å²) in [6.45, 7) is 1.33. The number of carbonyl (C=O) groups excluding carboxylic acids is 1. The first-order valence-electron chi connectivity index (χ1n) is 8.05. The van der Waals surface area contributed by atoms with E-state index in [4.69, 9.17) is 10.5 Å². The summed E-state index contributed by atoms with van der Waals surface area (Å²) in [7, 11) is 1.41. The molecule has 1 aliphatic rings. The molecule has 1 heterocycles. The third-order valence-corrected chi connectivity index (χ3v) is 3.83. The molecule has 0 aliphatic carbocycles. The number of ether oxygens (including phenoxy) is 2. The van der Waals surface area contributed by atoms with E-state index in [1.54, 1.807) is 0 Å². The number of para-hydroxylation sites is 1. The zero-order chi connectivity index (χ0) is 16.5. The Morgan fingerprint density at radius 2 is 2.17 bits per heavy atom. The highest BCUT2D eigenvalue weighted by atomic mass is 127. The number of guanidine groups is 1. The first kappa shape index (κ1) is 20.5. The smallest absolute Gasteiger partial charge is 0.305 e. The van der Waals surface area contributed by atoms with Gasteiger partial charge in [-0.25, -0.2) is 0 Å². The monoisotopic (exact) mass is 447 g/mol. The molecule has 1 aromatic rings. The summed E-state index contributed by atoms with van der Waals surface area (Å²) in [6.07, 6.45) is 4.00. The highest BCUT2D eigenvalue weighted by Crippen LogP contribution is 2.31. The molecule has 1 aromatic carbocycles. The fourth-order valence-corrected chi connectivity index (χ4v) is 2.58. The molecule has 1 atom stereocenters. The van der Waals surface area contributed by atoms with Crippen molar-refractivity contribution in [2.45, 2.75) is 38.1 Å². The van der Waals surface area contributed by atoms with E-state index in [1.165, 1.54) is 7.11 Å². The van der Waals surface area contributed by atoms with Gasteiger partial charge in [-0.1, -0.05) is 24.6 Å². The van der Waals surface area contributed by atoms with Gasteiger partial charge in [0, 0.05) is 24.9 Å². The largest absolute Gasteiger partial charge is 0.493 e. The molecule has 0 amide bonds. The van der Waals surface area contributed by atoms with Crippen LogP contribution < -0.4 is 15.8 Å². The van der Waals surface area contributed by atoms with Gasteiger partial charge in [-0.3, -0.25) is 9.79 Å². The van der Waals surface area contributed by atoms with Crippen LogP contribution in [0, 0.1) is 0 Å². The van der Waals surface area contributed by atoms with Crippen LogP contribution in [0.3, 0.4) is 0 Å². The minimum Gasteiger partial charge on any atom is -0.493 e. The molecule has 2 rings (SSSR count). The van der Waals surface area contributed by atoms with Gasteiger partial charge in [0.25, 0.3) is 0 Å². The van der Waals surface area contributed by atoms with Crippen molar-refractivity contribution in [3.63, 3.8) is 0 Å². The molecule has 1 aliphatic heterocycles. The second kappa shape index (κ2) is 11.1. The molecule has 24 heavy (non-hydrogen) atoms. The van der Waals surface area contributed by atoms with Crippen molar-refractivity contribution in [3.8, 4) is 5.75 Å². The number of nitrogens with zero attached hydrogens (tertiary/aromatic N) is 1. The molecule has 3 N–H and O–H groups in total. The Balaban J connectivity index is 0.00000288. The fraction of sp³-hybridized carbons (Fsp3) is 0.529. The van der Waals surface area contributed by atoms with Gasteiger partial charge in [0.05, 0.1) is 19.8 Å². The highest BCUT2D eigenvalue weighted by molar-refractivity contribution is 14.0. The third kappa shape index (κ3) is 6.54. The second-order valence-corrected chi connectivity index (χ2v) is 5.53. The summed E-state index contributed by atoms with van der Waals surface area (Å²) in [4.78, 5) is 15.3. The summed E-state index contributed by atoms with van der Waals surface area (Å²) in [5.74, 6) is 1.21. The number of unbranched alkanes of at least 4 members (excludes halogenated alkanes) is 2. The van der Waals surface area contributed by atoms with Gasteiger partial charge in [0.15, 0.2) is 5.96 Å². The van der Waals surface area contributed by atoms with E-state index in [0.29, 0.717) is 25.5 Å². The van der Waals surface area contributed by atoms with Crippen LogP contribution in [0.4, 0.5) is 0 Å². The van der Waals surface area contributed by atoms with Crippen LogP contribution in [-0.2, 0) is 9.53 Å². The molecule has 0 bridgehead atoms. The topological polar surface area (TPSA) is 85.9 Å². The predicted octanol–water partition coefficient (Wildman–Crippen LogP) is 2.77. The highest BCUT2D eigenvalue weighted by Gasteiger charge is 2.21. The van der Waals surface area contributed by atoms with Crippen LogP contribution in [0.15, 0.2) is 29.3 Å². The number of methoxy groups -OCH3 is 1. The number of hydrogen-bond donors (Lipinski definition) is 2. The maximum Gasteiger partial charge on any atom is 0.305 e. The summed E-state index contributed by atoms with van der Waals surface area (Å²) >= 11 is 0. The molecule has 134 valence electrons. The molecule has 7 heteroatoms. The average Bonchev–Trinajstić information content (AvgIpc) is 2.58. The minimum absolute atomic E-state index is 0. The zero-order valence-corrected chi connectivity index (χ0v) is 16.3. The SMILES string of the molecule is COC(=O)CCCCCN=C(N)NC1CCOc2ccccc21.I. The van der Waals surface area contributed by atoms with Gasteiger partial charge in [0.1, 0.15) is 5.75 Å². The van der Waals surface area contributed by atoms with Gasteiger partial charge in [0.2, 0.25) is 0 Å². The Labute approximate surface area is 160 Å². The quantitative estimate of drug-likeness (QED) is 0.221. The van der Waals surface area contributed by atoms with Gasteiger partial charge in [-0.05, 0) is 18.9 Å². The number of nitrogens with one attached hydrogen (secondary N) is 1. The lowest BCUT2D eigenvalue weighted by atomic mass is 10.0. The molecule has 0 radical (unpaired) electrons. The van der Waals surface area contributed by atoms with Crippen LogP contribution in [0.2, 0.25) is 0 Å². The molecule has 6 nitrogen and oxygen atoms in total. The van der Waals surface area contributed by atoms with Crippen LogP contribution >= 0.6 is 24.0 Å². The van der Waals surface area contributed by atoms with E-state index >= 15 is 0 Å². The zero-order valence-electron chi connectivity index (χ0n) is 14.0. The van der Waals surface area contributed by atoms with Crippen LogP contribution in [0.1, 0.15) is 43.7 Å². The minimum atomic E-state index is -0.159.